The molecule has 15 heavy (non-hydrogen) atoms. The molecule has 0 aliphatic heterocycles. The largest absolute Gasteiger partial charge is 0.480 e. The van der Waals surface area contributed by atoms with Crippen LogP contribution in [0.1, 0.15) is 32.6 Å². The van der Waals surface area contributed by atoms with Gasteiger partial charge in [0.05, 0.1) is 0 Å². The van der Waals surface area contributed by atoms with E-state index in [2.05, 4.69) is 5.32 Å². The number of rotatable bonds is 3. The number of ketones is 1. The van der Waals surface area contributed by atoms with Crippen LogP contribution in [0.2, 0.25) is 0 Å². The number of nitrogens with one attached hydrogen (secondary N) is 1. The maximum Gasteiger partial charge on any atom is 0.326 e. The lowest BCUT2D eigenvalue weighted by molar-refractivity contribution is -0.144. The molecule has 1 amide bonds. The van der Waals surface area contributed by atoms with Crippen molar-refractivity contribution in [3.63, 3.8) is 0 Å². The van der Waals surface area contributed by atoms with Crippen molar-refractivity contribution in [2.45, 2.75) is 38.6 Å². The van der Waals surface area contributed by atoms with Gasteiger partial charge in [-0.3, -0.25) is 9.59 Å². The average molecular weight is 213 g/mol. The van der Waals surface area contributed by atoms with Gasteiger partial charge in [-0.2, -0.15) is 0 Å². The van der Waals surface area contributed by atoms with E-state index < -0.39 is 12.0 Å². The van der Waals surface area contributed by atoms with Crippen LogP contribution in [0.15, 0.2) is 0 Å². The summed E-state index contributed by atoms with van der Waals surface area (Å²) in [5, 5.41) is 11.3. The maximum atomic E-state index is 11.2. The molecule has 0 radical (unpaired) electrons. The number of carboxylic acids is 1. The van der Waals surface area contributed by atoms with Crippen molar-refractivity contribution >= 4 is 17.7 Å². The second-order valence-electron chi connectivity index (χ2n) is 3.91. The van der Waals surface area contributed by atoms with Gasteiger partial charge in [0.2, 0.25) is 5.91 Å². The van der Waals surface area contributed by atoms with Gasteiger partial charge in [0.25, 0.3) is 0 Å². The Hall–Kier alpha value is -1.39. The lowest BCUT2D eigenvalue weighted by Crippen LogP contribution is -2.46. The molecule has 1 aliphatic carbocycles. The number of carboxylic acid groups (broad SMARTS) is 1. The first-order valence-electron chi connectivity index (χ1n) is 5.02. The van der Waals surface area contributed by atoms with Gasteiger partial charge in [0, 0.05) is 19.8 Å². The van der Waals surface area contributed by atoms with E-state index in [0.29, 0.717) is 19.3 Å². The van der Waals surface area contributed by atoms with Gasteiger partial charge >= 0.3 is 5.97 Å². The topological polar surface area (TPSA) is 83.5 Å². The smallest absolute Gasteiger partial charge is 0.326 e. The third-order valence-corrected chi connectivity index (χ3v) is 2.62. The first kappa shape index (κ1) is 11.7. The van der Waals surface area contributed by atoms with Gasteiger partial charge in [-0.1, -0.05) is 0 Å². The second-order valence-corrected chi connectivity index (χ2v) is 3.91. The van der Waals surface area contributed by atoms with Crippen LogP contribution in [0.3, 0.4) is 0 Å². The van der Waals surface area contributed by atoms with Gasteiger partial charge in [0.15, 0.2) is 0 Å². The van der Waals surface area contributed by atoms with Crippen LogP contribution in [-0.2, 0) is 14.4 Å². The zero-order valence-corrected chi connectivity index (χ0v) is 8.66. The first-order valence-corrected chi connectivity index (χ1v) is 5.02. The number of aliphatic carboxylic acids is 1. The number of amides is 1. The zero-order chi connectivity index (χ0) is 11.4. The van der Waals surface area contributed by atoms with Crippen molar-refractivity contribution < 1.29 is 19.5 Å². The molecule has 0 heterocycles. The molecule has 84 valence electrons. The zero-order valence-electron chi connectivity index (χ0n) is 8.66. The fraction of sp³-hybridized carbons (Fsp3) is 0.700. The van der Waals surface area contributed by atoms with Crippen molar-refractivity contribution in [1.82, 2.24) is 5.32 Å². The molecule has 1 saturated carbocycles. The van der Waals surface area contributed by atoms with Crippen molar-refractivity contribution in [2.24, 2.45) is 5.92 Å². The van der Waals surface area contributed by atoms with Gasteiger partial charge < -0.3 is 10.4 Å². The summed E-state index contributed by atoms with van der Waals surface area (Å²) in [5.74, 6) is -1.61. The average Bonchev–Trinajstić information content (AvgIpc) is 2.13. The molecule has 0 spiro atoms. The predicted molar refractivity (Wildman–Crippen MR) is 52.2 cm³/mol. The van der Waals surface area contributed by atoms with Gasteiger partial charge in [-0.25, -0.2) is 4.79 Å². The monoisotopic (exact) mass is 213 g/mol. The molecular weight excluding hydrogens is 198 g/mol. The van der Waals surface area contributed by atoms with Crippen molar-refractivity contribution in [2.75, 3.05) is 0 Å². The van der Waals surface area contributed by atoms with Crippen molar-refractivity contribution in [3.05, 3.63) is 0 Å². The first-order chi connectivity index (χ1) is 7.00. The highest BCUT2D eigenvalue weighted by Crippen LogP contribution is 2.24. The Morgan fingerprint density at radius 2 is 2.20 bits per heavy atom. The van der Waals surface area contributed by atoms with Crippen LogP contribution in [0.5, 0.6) is 0 Å². The van der Waals surface area contributed by atoms with Gasteiger partial charge in [0.1, 0.15) is 11.8 Å². The van der Waals surface area contributed by atoms with E-state index in [1.54, 1.807) is 0 Å². The number of carbonyl (C=O) groups excluding carboxylic acids is 2. The minimum atomic E-state index is -1.06. The van der Waals surface area contributed by atoms with E-state index in [-0.39, 0.29) is 24.0 Å². The Morgan fingerprint density at radius 1 is 1.53 bits per heavy atom. The summed E-state index contributed by atoms with van der Waals surface area (Å²) in [6, 6.07) is -0.924. The van der Waals surface area contributed by atoms with E-state index in [1.807, 2.05) is 0 Å². The quantitative estimate of drug-likeness (QED) is 0.707. The molecule has 2 N–H and O–H groups in total. The molecule has 0 aromatic rings. The molecule has 0 unspecified atom stereocenters. The molecule has 0 saturated heterocycles. The van der Waals surface area contributed by atoms with Crippen LogP contribution in [-0.4, -0.2) is 28.8 Å². The van der Waals surface area contributed by atoms with E-state index in [1.165, 1.54) is 6.92 Å². The molecule has 1 fully saturated rings. The summed E-state index contributed by atoms with van der Waals surface area (Å²) in [7, 11) is 0. The maximum absolute atomic E-state index is 11.2. The van der Waals surface area contributed by atoms with E-state index in [0.717, 1.165) is 0 Å². The fourth-order valence-electron chi connectivity index (χ4n) is 1.94. The molecular formula is C10H15NO4. The fourth-order valence-corrected chi connectivity index (χ4v) is 1.94. The number of hydrogen-bond donors (Lipinski definition) is 2. The Labute approximate surface area is 87.8 Å². The van der Waals surface area contributed by atoms with Crippen molar-refractivity contribution in [3.8, 4) is 0 Å². The Bertz CT molecular complexity index is 287. The van der Waals surface area contributed by atoms with E-state index in [9.17, 15) is 14.4 Å². The van der Waals surface area contributed by atoms with Crippen LogP contribution in [0.25, 0.3) is 0 Å². The SMILES string of the molecule is CC(=O)N[C@@H](C(=O)O)[C@H]1CCCC(=O)C1. The predicted octanol–water partition coefficient (Wildman–Crippen LogP) is 0.335. The molecule has 1 rings (SSSR count). The van der Waals surface area contributed by atoms with Gasteiger partial charge in [-0.15, -0.1) is 0 Å². The Morgan fingerprint density at radius 3 is 2.67 bits per heavy atom. The van der Waals surface area contributed by atoms with Gasteiger partial charge in [-0.05, 0) is 18.8 Å². The summed E-state index contributed by atoms with van der Waals surface area (Å²) < 4.78 is 0. The minimum Gasteiger partial charge on any atom is -0.480 e. The molecule has 0 bridgehead atoms. The van der Waals surface area contributed by atoms with Crippen molar-refractivity contribution in [1.29, 1.82) is 0 Å². The second kappa shape index (κ2) is 4.91. The highest BCUT2D eigenvalue weighted by molar-refractivity contribution is 5.84. The summed E-state index contributed by atoms with van der Waals surface area (Å²) in [6.45, 7) is 1.28. The summed E-state index contributed by atoms with van der Waals surface area (Å²) in [5.41, 5.74) is 0. The number of Topliss-reactive ketones (excluding diaryl/α,β-unsaturated/α-hetero) is 1. The Kier molecular flexibility index (Phi) is 3.82. The molecule has 5 heteroatoms. The lowest BCUT2D eigenvalue weighted by Gasteiger charge is -2.26. The minimum absolute atomic E-state index is 0.0860. The molecule has 0 aromatic heterocycles. The van der Waals surface area contributed by atoms with Crippen LogP contribution >= 0.6 is 0 Å². The highest BCUT2D eigenvalue weighted by atomic mass is 16.4. The summed E-state index contributed by atoms with van der Waals surface area (Å²) in [6.07, 6.45) is 2.19. The summed E-state index contributed by atoms with van der Waals surface area (Å²) >= 11 is 0. The molecule has 1 aliphatic rings. The number of hydrogen-bond acceptors (Lipinski definition) is 3. The van der Waals surface area contributed by atoms with Crippen LogP contribution < -0.4 is 5.32 Å². The molecule has 2 atom stereocenters. The van der Waals surface area contributed by atoms with Crippen LogP contribution in [0, 0.1) is 5.92 Å². The van der Waals surface area contributed by atoms with E-state index in [4.69, 9.17) is 5.11 Å². The molecule has 5 nitrogen and oxygen atoms in total. The summed E-state index contributed by atoms with van der Waals surface area (Å²) in [4.78, 5) is 32.9. The molecule has 0 aromatic carbocycles. The Balaban J connectivity index is 2.66. The standard InChI is InChI=1S/C10H15NO4/c1-6(12)11-9(10(14)15)7-3-2-4-8(13)5-7/h7,9H,2-5H2,1H3,(H,11,12)(H,14,15)/t7-,9+/m0/s1. The van der Waals surface area contributed by atoms with Crippen LogP contribution in [0.4, 0.5) is 0 Å². The third kappa shape index (κ3) is 3.34. The lowest BCUT2D eigenvalue weighted by atomic mass is 9.83. The highest BCUT2D eigenvalue weighted by Gasteiger charge is 2.32. The number of carbonyl (C=O) groups is 3. The van der Waals surface area contributed by atoms with E-state index >= 15 is 0 Å². The third-order valence-electron chi connectivity index (χ3n) is 2.62. The normalized spacial score (nSPS) is 23.3.